The van der Waals surface area contributed by atoms with Gasteiger partial charge in [0.05, 0.1) is 11.1 Å². The molecule has 10 heteroatoms. The van der Waals surface area contributed by atoms with Crippen LogP contribution in [0.25, 0.3) is 6.08 Å². The van der Waals surface area contributed by atoms with Gasteiger partial charge in [-0.1, -0.05) is 18.2 Å². The average molecular weight is 472 g/mol. The molecule has 0 fully saturated rings. The number of non-ortho nitro benzene ring substituents is 1. The number of rotatable bonds is 7. The highest BCUT2D eigenvalue weighted by Crippen LogP contribution is 2.30. The molecule has 2 N–H and O–H groups in total. The Balaban J connectivity index is 1.52. The number of hydrogen-bond donors (Lipinski definition) is 2. The van der Waals surface area contributed by atoms with Crippen LogP contribution in [0.2, 0.25) is 0 Å². The normalized spacial score (nSPS) is 12.7. The molecule has 176 valence electrons. The van der Waals surface area contributed by atoms with E-state index in [0.717, 1.165) is 0 Å². The molecule has 0 unspecified atom stereocenters. The highest BCUT2D eigenvalue weighted by Gasteiger charge is 2.15. The van der Waals surface area contributed by atoms with Crippen LogP contribution in [0.5, 0.6) is 11.5 Å². The van der Waals surface area contributed by atoms with Crippen LogP contribution in [0.1, 0.15) is 21.5 Å². The van der Waals surface area contributed by atoms with Gasteiger partial charge in [0.2, 0.25) is 0 Å². The molecule has 0 aromatic heterocycles. The summed E-state index contributed by atoms with van der Waals surface area (Å²) in [5.41, 5.74) is 3.71. The molecule has 0 atom stereocenters. The number of amides is 2. The van der Waals surface area contributed by atoms with Crippen molar-refractivity contribution >= 4 is 29.8 Å². The summed E-state index contributed by atoms with van der Waals surface area (Å²) in [6.45, 7) is 0.928. The first kappa shape index (κ1) is 23.2. The molecule has 3 aromatic rings. The maximum absolute atomic E-state index is 12.9. The van der Waals surface area contributed by atoms with E-state index in [2.05, 4.69) is 15.8 Å². The quantitative estimate of drug-likeness (QED) is 0.235. The number of carbonyl (C=O) groups is 2. The van der Waals surface area contributed by atoms with E-state index < -0.39 is 16.7 Å². The number of nitro benzene ring substituents is 1. The van der Waals surface area contributed by atoms with Crippen LogP contribution in [0.3, 0.4) is 0 Å². The maximum atomic E-state index is 12.9. The van der Waals surface area contributed by atoms with Gasteiger partial charge in [-0.3, -0.25) is 19.7 Å². The number of benzene rings is 3. The molecule has 2 amide bonds. The van der Waals surface area contributed by atoms with Crippen LogP contribution in [-0.4, -0.2) is 36.2 Å². The van der Waals surface area contributed by atoms with Crippen molar-refractivity contribution in [1.82, 2.24) is 10.7 Å². The number of ether oxygens (including phenoxy) is 2. The zero-order valence-corrected chi connectivity index (χ0v) is 18.3. The lowest BCUT2D eigenvalue weighted by atomic mass is 10.1. The Bertz CT molecular complexity index is 1300. The highest BCUT2D eigenvalue weighted by molar-refractivity contribution is 6.05. The van der Waals surface area contributed by atoms with Gasteiger partial charge >= 0.3 is 0 Å². The minimum Gasteiger partial charge on any atom is -0.486 e. The molecule has 3 aromatic carbocycles. The molecule has 0 aliphatic carbocycles. The molecule has 0 saturated carbocycles. The van der Waals surface area contributed by atoms with Crippen molar-refractivity contribution in [3.63, 3.8) is 0 Å². The molecule has 0 radical (unpaired) electrons. The summed E-state index contributed by atoms with van der Waals surface area (Å²) in [4.78, 5) is 35.9. The average Bonchev–Trinajstić information content (AvgIpc) is 2.89. The van der Waals surface area contributed by atoms with E-state index in [9.17, 15) is 19.7 Å². The van der Waals surface area contributed by atoms with Gasteiger partial charge in [0.25, 0.3) is 17.5 Å². The molecule has 1 heterocycles. The van der Waals surface area contributed by atoms with Crippen LogP contribution in [0, 0.1) is 10.1 Å². The van der Waals surface area contributed by atoms with Crippen molar-refractivity contribution in [3.05, 3.63) is 105 Å². The third kappa shape index (κ3) is 6.08. The summed E-state index contributed by atoms with van der Waals surface area (Å²) in [6, 6.07) is 19.2. The van der Waals surface area contributed by atoms with Gasteiger partial charge < -0.3 is 14.8 Å². The smallest absolute Gasteiger partial charge is 0.287 e. The predicted octanol–water partition coefficient (Wildman–Crippen LogP) is 3.29. The minimum atomic E-state index is -0.679. The third-order valence-electron chi connectivity index (χ3n) is 4.89. The molecule has 10 nitrogen and oxygen atoms in total. The summed E-state index contributed by atoms with van der Waals surface area (Å²) in [7, 11) is 0. The Morgan fingerprint density at radius 2 is 1.60 bits per heavy atom. The molecule has 1 aliphatic rings. The zero-order chi connectivity index (χ0) is 24.6. The predicted molar refractivity (Wildman–Crippen MR) is 128 cm³/mol. The molecule has 1 aliphatic heterocycles. The first-order valence-corrected chi connectivity index (χ1v) is 10.6. The van der Waals surface area contributed by atoms with Crippen LogP contribution in [-0.2, 0) is 4.79 Å². The van der Waals surface area contributed by atoms with Crippen LogP contribution in [0.4, 0.5) is 5.69 Å². The second-order valence-electron chi connectivity index (χ2n) is 7.33. The number of carbonyl (C=O) groups excluding carboxylic acids is 2. The van der Waals surface area contributed by atoms with E-state index in [1.807, 2.05) is 0 Å². The fraction of sp³-hybridized carbons (Fsp3) is 0.0800. The van der Waals surface area contributed by atoms with Gasteiger partial charge in [0, 0.05) is 17.7 Å². The van der Waals surface area contributed by atoms with Crippen molar-refractivity contribution in [2.45, 2.75) is 0 Å². The first-order valence-electron chi connectivity index (χ1n) is 10.6. The van der Waals surface area contributed by atoms with Crippen molar-refractivity contribution in [1.29, 1.82) is 0 Å². The molecule has 4 rings (SSSR count). The number of nitrogens with zero attached hydrogens (tertiary/aromatic N) is 2. The van der Waals surface area contributed by atoms with Gasteiger partial charge in [-0.15, -0.1) is 0 Å². The van der Waals surface area contributed by atoms with E-state index in [-0.39, 0.29) is 11.4 Å². The Labute approximate surface area is 200 Å². The van der Waals surface area contributed by atoms with Crippen molar-refractivity contribution in [2.24, 2.45) is 5.10 Å². The number of hydrogen-bond acceptors (Lipinski definition) is 7. The lowest BCUT2D eigenvalue weighted by Gasteiger charge is -2.18. The number of hydrazone groups is 1. The van der Waals surface area contributed by atoms with Crippen molar-refractivity contribution in [2.75, 3.05) is 13.2 Å². The first-order chi connectivity index (χ1) is 17.0. The molecule has 35 heavy (non-hydrogen) atoms. The van der Waals surface area contributed by atoms with Crippen LogP contribution in [0.15, 0.2) is 83.6 Å². The number of fused-ring (bicyclic) bond motifs is 1. The Morgan fingerprint density at radius 3 is 2.31 bits per heavy atom. The summed E-state index contributed by atoms with van der Waals surface area (Å²) in [6.07, 6.45) is 2.83. The van der Waals surface area contributed by atoms with Gasteiger partial charge in [-0.25, -0.2) is 5.43 Å². The standard InChI is InChI=1S/C25H20N4O6/c30-24(19-4-2-1-3-5-19)27-21(14-17-6-9-20(10-7-17)29(32)33)25(31)28-26-16-18-8-11-22-23(15-18)35-13-12-34-22/h1-11,14-16H,12-13H2,(H,27,30)(H,28,31)/b21-14+,26-16-. The summed E-state index contributed by atoms with van der Waals surface area (Å²) >= 11 is 0. The van der Waals surface area contributed by atoms with Gasteiger partial charge in [0.1, 0.15) is 18.9 Å². The fourth-order valence-corrected chi connectivity index (χ4v) is 3.17. The van der Waals surface area contributed by atoms with Crippen molar-refractivity contribution in [3.8, 4) is 11.5 Å². The fourth-order valence-electron chi connectivity index (χ4n) is 3.17. The van der Waals surface area contributed by atoms with Gasteiger partial charge in [-0.05, 0) is 59.7 Å². The molecule has 0 saturated heterocycles. The second kappa shape index (κ2) is 10.8. The van der Waals surface area contributed by atoms with E-state index in [0.29, 0.717) is 41.4 Å². The Morgan fingerprint density at radius 1 is 0.914 bits per heavy atom. The lowest BCUT2D eigenvalue weighted by Crippen LogP contribution is -2.32. The number of nitrogens with one attached hydrogen (secondary N) is 2. The molecule has 0 bridgehead atoms. The van der Waals surface area contributed by atoms with Gasteiger partial charge in [0.15, 0.2) is 11.5 Å². The van der Waals surface area contributed by atoms with Crippen LogP contribution < -0.4 is 20.2 Å². The third-order valence-corrected chi connectivity index (χ3v) is 4.89. The Kier molecular flexibility index (Phi) is 7.12. The van der Waals surface area contributed by atoms with Crippen molar-refractivity contribution < 1.29 is 24.0 Å². The summed E-state index contributed by atoms with van der Waals surface area (Å²) in [5, 5.41) is 17.4. The summed E-state index contributed by atoms with van der Waals surface area (Å²) < 4.78 is 11.0. The molecular weight excluding hydrogens is 452 g/mol. The highest BCUT2D eigenvalue weighted by atomic mass is 16.6. The van der Waals surface area contributed by atoms with Gasteiger partial charge in [-0.2, -0.15) is 5.10 Å². The van der Waals surface area contributed by atoms with E-state index in [1.54, 1.807) is 48.5 Å². The topological polar surface area (TPSA) is 132 Å². The lowest BCUT2D eigenvalue weighted by molar-refractivity contribution is -0.384. The minimum absolute atomic E-state index is 0.0907. The van der Waals surface area contributed by atoms with Crippen LogP contribution >= 0.6 is 0 Å². The van der Waals surface area contributed by atoms with E-state index in [4.69, 9.17) is 9.47 Å². The van der Waals surface area contributed by atoms with E-state index in [1.165, 1.54) is 36.6 Å². The molecular formula is C25H20N4O6. The monoisotopic (exact) mass is 472 g/mol. The second-order valence-corrected chi connectivity index (χ2v) is 7.33. The van der Waals surface area contributed by atoms with E-state index >= 15 is 0 Å². The maximum Gasteiger partial charge on any atom is 0.287 e. The SMILES string of the molecule is O=C(N/N=C\c1ccc2c(c1)OCCO2)/C(=C\c1ccc([N+](=O)[O-])cc1)NC(=O)c1ccccc1. The molecule has 0 spiro atoms. The zero-order valence-electron chi connectivity index (χ0n) is 18.3. The Hall–Kier alpha value is -4.99. The largest absolute Gasteiger partial charge is 0.486 e. The number of nitro groups is 1. The summed E-state index contributed by atoms with van der Waals surface area (Å²) in [5.74, 6) is 0.0425.